The number of fused-ring (bicyclic) bond motifs is 1. The summed E-state index contributed by atoms with van der Waals surface area (Å²) in [5.74, 6) is 0.0351. The molecular formula is C15H21N3O2. The molecule has 5 heteroatoms. The summed E-state index contributed by atoms with van der Waals surface area (Å²) < 4.78 is 5.41. The number of rotatable bonds is 3. The average molecular weight is 275 g/mol. The zero-order chi connectivity index (χ0) is 14.2. The molecule has 5 nitrogen and oxygen atoms in total. The van der Waals surface area contributed by atoms with E-state index in [1.54, 1.807) is 0 Å². The molecule has 2 aliphatic rings. The average Bonchev–Trinajstić information content (AvgIpc) is 2.76. The van der Waals surface area contributed by atoms with Gasteiger partial charge in [-0.05, 0) is 36.0 Å². The minimum absolute atomic E-state index is 0.0351. The largest absolute Gasteiger partial charge is 0.397 e. The van der Waals surface area contributed by atoms with Crippen LogP contribution in [-0.2, 0) is 16.0 Å². The lowest BCUT2D eigenvalue weighted by atomic mass is 9.82. The minimum atomic E-state index is 0.0351. The van der Waals surface area contributed by atoms with Crippen molar-refractivity contribution in [3.05, 3.63) is 17.7 Å². The number of carbonyl (C=O) groups is 1. The number of hydrogen-bond donors (Lipinski definition) is 3. The summed E-state index contributed by atoms with van der Waals surface area (Å²) in [5, 5.41) is 6.29. The number of ether oxygens (including phenoxy) is 1. The first-order valence-corrected chi connectivity index (χ1v) is 7.10. The Balaban J connectivity index is 1.72. The monoisotopic (exact) mass is 275 g/mol. The SMILES string of the molecule is CC1(CNc2cc3c(cc2N)CC(=O)N3)CCOCC1. The summed E-state index contributed by atoms with van der Waals surface area (Å²) in [4.78, 5) is 11.4. The van der Waals surface area contributed by atoms with Gasteiger partial charge in [0.15, 0.2) is 0 Å². The minimum Gasteiger partial charge on any atom is -0.397 e. The Labute approximate surface area is 118 Å². The van der Waals surface area contributed by atoms with E-state index in [9.17, 15) is 4.79 Å². The molecule has 1 fully saturated rings. The van der Waals surface area contributed by atoms with Gasteiger partial charge < -0.3 is 21.1 Å². The lowest BCUT2D eigenvalue weighted by molar-refractivity contribution is -0.115. The van der Waals surface area contributed by atoms with Crippen molar-refractivity contribution in [3.8, 4) is 0 Å². The van der Waals surface area contributed by atoms with Gasteiger partial charge in [-0.3, -0.25) is 4.79 Å². The highest BCUT2D eigenvalue weighted by Gasteiger charge is 2.27. The molecule has 108 valence electrons. The van der Waals surface area contributed by atoms with Gasteiger partial charge in [0.25, 0.3) is 0 Å². The van der Waals surface area contributed by atoms with E-state index in [1.165, 1.54) is 0 Å². The van der Waals surface area contributed by atoms with Gasteiger partial charge in [0, 0.05) is 25.4 Å². The van der Waals surface area contributed by atoms with Crippen LogP contribution in [0.1, 0.15) is 25.3 Å². The molecule has 1 saturated heterocycles. The quantitative estimate of drug-likeness (QED) is 0.737. The van der Waals surface area contributed by atoms with Crippen LogP contribution in [0, 0.1) is 5.41 Å². The van der Waals surface area contributed by atoms with Crippen LogP contribution in [-0.4, -0.2) is 25.7 Å². The maximum Gasteiger partial charge on any atom is 0.228 e. The lowest BCUT2D eigenvalue weighted by Crippen LogP contribution is -2.33. The molecule has 0 radical (unpaired) electrons. The maximum absolute atomic E-state index is 11.4. The first-order chi connectivity index (χ1) is 9.56. The summed E-state index contributed by atoms with van der Waals surface area (Å²) in [6.45, 7) is 4.79. The zero-order valence-electron chi connectivity index (χ0n) is 11.8. The van der Waals surface area contributed by atoms with E-state index in [0.717, 1.165) is 49.5 Å². The molecule has 0 unspecified atom stereocenters. The Hall–Kier alpha value is -1.75. The second-order valence-corrected chi connectivity index (χ2v) is 6.10. The number of nitrogens with two attached hydrogens (primary N) is 1. The van der Waals surface area contributed by atoms with Crippen molar-refractivity contribution in [2.45, 2.75) is 26.2 Å². The molecule has 3 rings (SSSR count). The van der Waals surface area contributed by atoms with Gasteiger partial charge >= 0.3 is 0 Å². The summed E-state index contributed by atoms with van der Waals surface area (Å²) in [7, 11) is 0. The summed E-state index contributed by atoms with van der Waals surface area (Å²) in [6, 6.07) is 3.83. The van der Waals surface area contributed by atoms with Crippen molar-refractivity contribution < 1.29 is 9.53 Å². The van der Waals surface area contributed by atoms with Gasteiger partial charge in [0.1, 0.15) is 0 Å². The van der Waals surface area contributed by atoms with E-state index < -0.39 is 0 Å². The van der Waals surface area contributed by atoms with Crippen molar-refractivity contribution in [1.29, 1.82) is 0 Å². The molecule has 0 atom stereocenters. The number of nitrogen functional groups attached to an aromatic ring is 1. The Morgan fingerprint density at radius 2 is 2.15 bits per heavy atom. The van der Waals surface area contributed by atoms with Crippen molar-refractivity contribution in [2.24, 2.45) is 5.41 Å². The molecule has 0 bridgehead atoms. The van der Waals surface area contributed by atoms with E-state index in [2.05, 4.69) is 17.6 Å². The predicted molar refractivity (Wildman–Crippen MR) is 79.8 cm³/mol. The Kier molecular flexibility index (Phi) is 3.30. The van der Waals surface area contributed by atoms with Gasteiger partial charge in [0.2, 0.25) is 5.91 Å². The molecule has 0 aliphatic carbocycles. The first-order valence-electron chi connectivity index (χ1n) is 7.10. The second-order valence-electron chi connectivity index (χ2n) is 6.10. The number of benzene rings is 1. The van der Waals surface area contributed by atoms with Crippen molar-refractivity contribution in [1.82, 2.24) is 0 Å². The molecule has 1 amide bonds. The lowest BCUT2D eigenvalue weighted by Gasteiger charge is -2.34. The number of carbonyl (C=O) groups excluding carboxylic acids is 1. The summed E-state index contributed by atoms with van der Waals surface area (Å²) >= 11 is 0. The standard InChI is InChI=1S/C15H21N3O2/c1-15(2-4-20-5-3-15)9-17-13-8-12-10(6-11(13)16)7-14(19)18-12/h6,8,17H,2-5,7,9,16H2,1H3,(H,18,19). The molecule has 2 aliphatic heterocycles. The molecule has 1 aromatic carbocycles. The molecular weight excluding hydrogens is 254 g/mol. The van der Waals surface area contributed by atoms with Crippen LogP contribution in [0.4, 0.5) is 17.1 Å². The van der Waals surface area contributed by atoms with E-state index in [0.29, 0.717) is 12.1 Å². The van der Waals surface area contributed by atoms with E-state index in [4.69, 9.17) is 10.5 Å². The van der Waals surface area contributed by atoms with Crippen LogP contribution >= 0.6 is 0 Å². The van der Waals surface area contributed by atoms with Crippen LogP contribution in [0.2, 0.25) is 0 Å². The number of nitrogens with one attached hydrogen (secondary N) is 2. The van der Waals surface area contributed by atoms with Gasteiger partial charge in [0.05, 0.1) is 17.8 Å². The zero-order valence-corrected chi connectivity index (χ0v) is 11.8. The fraction of sp³-hybridized carbons (Fsp3) is 0.533. The highest BCUT2D eigenvalue weighted by molar-refractivity contribution is 6.00. The Morgan fingerprint density at radius 1 is 1.40 bits per heavy atom. The maximum atomic E-state index is 11.4. The highest BCUT2D eigenvalue weighted by atomic mass is 16.5. The molecule has 0 aromatic heterocycles. The van der Waals surface area contributed by atoms with Crippen LogP contribution in [0.15, 0.2) is 12.1 Å². The molecule has 0 saturated carbocycles. The molecule has 0 spiro atoms. The van der Waals surface area contributed by atoms with Crippen molar-refractivity contribution in [3.63, 3.8) is 0 Å². The van der Waals surface area contributed by atoms with Gasteiger partial charge in [-0.2, -0.15) is 0 Å². The third-order valence-corrected chi connectivity index (χ3v) is 4.31. The van der Waals surface area contributed by atoms with Crippen molar-refractivity contribution in [2.75, 3.05) is 36.1 Å². The first kappa shape index (κ1) is 13.2. The molecule has 2 heterocycles. The highest BCUT2D eigenvalue weighted by Crippen LogP contribution is 2.34. The second kappa shape index (κ2) is 4.98. The Bertz CT molecular complexity index is 536. The number of amides is 1. The fourth-order valence-corrected chi connectivity index (χ4v) is 2.80. The van der Waals surface area contributed by atoms with Crippen LogP contribution in [0.25, 0.3) is 0 Å². The molecule has 4 N–H and O–H groups in total. The van der Waals surface area contributed by atoms with Crippen molar-refractivity contribution >= 4 is 23.0 Å². The number of hydrogen-bond acceptors (Lipinski definition) is 4. The normalized spacial score (nSPS) is 20.4. The van der Waals surface area contributed by atoms with Crippen LogP contribution < -0.4 is 16.4 Å². The molecule has 1 aromatic rings. The third kappa shape index (κ3) is 2.58. The topological polar surface area (TPSA) is 76.4 Å². The predicted octanol–water partition coefficient (Wildman–Crippen LogP) is 1.99. The van der Waals surface area contributed by atoms with E-state index >= 15 is 0 Å². The smallest absolute Gasteiger partial charge is 0.228 e. The van der Waals surface area contributed by atoms with Gasteiger partial charge in [-0.25, -0.2) is 0 Å². The summed E-state index contributed by atoms with van der Waals surface area (Å²) in [5.41, 5.74) is 9.78. The third-order valence-electron chi connectivity index (χ3n) is 4.31. The van der Waals surface area contributed by atoms with Crippen LogP contribution in [0.3, 0.4) is 0 Å². The van der Waals surface area contributed by atoms with E-state index in [-0.39, 0.29) is 11.3 Å². The summed E-state index contributed by atoms with van der Waals surface area (Å²) in [6.07, 6.45) is 2.54. The van der Waals surface area contributed by atoms with Crippen LogP contribution in [0.5, 0.6) is 0 Å². The van der Waals surface area contributed by atoms with Gasteiger partial charge in [-0.1, -0.05) is 6.92 Å². The van der Waals surface area contributed by atoms with E-state index in [1.807, 2.05) is 12.1 Å². The Morgan fingerprint density at radius 3 is 2.90 bits per heavy atom. The molecule has 20 heavy (non-hydrogen) atoms. The van der Waals surface area contributed by atoms with Gasteiger partial charge in [-0.15, -0.1) is 0 Å². The number of anilines is 3. The fourth-order valence-electron chi connectivity index (χ4n) is 2.80.